The van der Waals surface area contributed by atoms with Crippen molar-refractivity contribution in [3.8, 4) is 5.75 Å². The maximum atomic E-state index is 12.4. The van der Waals surface area contributed by atoms with Gasteiger partial charge in [0.1, 0.15) is 17.9 Å². The molecular weight excluding hydrogens is 502 g/mol. The quantitative estimate of drug-likeness (QED) is 0.495. The first-order valence-electron chi connectivity index (χ1n) is 10.7. The number of halogens is 2. The predicted molar refractivity (Wildman–Crippen MR) is 126 cm³/mol. The summed E-state index contributed by atoms with van der Waals surface area (Å²) < 4.78 is 11.6. The fourth-order valence-electron chi connectivity index (χ4n) is 3.17. The van der Waals surface area contributed by atoms with Crippen LogP contribution in [0, 0.1) is 0 Å². The molecule has 0 spiro atoms. The zero-order valence-corrected chi connectivity index (χ0v) is 21.1. The average molecular weight is 533 g/mol. The highest BCUT2D eigenvalue weighted by atomic mass is 79.9. The number of nitrogens with one attached hydrogen (secondary N) is 2. The van der Waals surface area contributed by atoms with Crippen molar-refractivity contribution in [1.82, 2.24) is 15.5 Å². The first-order chi connectivity index (χ1) is 15.0. The molecule has 32 heavy (non-hydrogen) atoms. The third-order valence-electron chi connectivity index (χ3n) is 4.69. The first kappa shape index (κ1) is 26.3. The molecule has 1 aliphatic rings. The minimum Gasteiger partial charge on any atom is -0.492 e. The topological polar surface area (TPSA) is 97.0 Å². The average Bonchev–Trinajstić information content (AvgIpc) is 2.70. The Hall–Kier alpha value is -2.00. The molecule has 3 amide bonds. The lowest BCUT2D eigenvalue weighted by atomic mass is 10.0. The van der Waals surface area contributed by atoms with Crippen LogP contribution in [0.15, 0.2) is 22.7 Å². The lowest BCUT2D eigenvalue weighted by Crippen LogP contribution is -2.49. The number of piperidine rings is 1. The zero-order valence-electron chi connectivity index (χ0n) is 18.7. The summed E-state index contributed by atoms with van der Waals surface area (Å²) in [5.41, 5.74) is -0.613. The van der Waals surface area contributed by atoms with Gasteiger partial charge in [-0.3, -0.25) is 9.59 Å². The molecule has 1 fully saturated rings. The van der Waals surface area contributed by atoms with Gasteiger partial charge in [-0.2, -0.15) is 0 Å². The molecule has 0 aromatic heterocycles. The van der Waals surface area contributed by atoms with Crippen molar-refractivity contribution in [2.24, 2.45) is 0 Å². The third kappa shape index (κ3) is 9.65. The molecule has 0 aliphatic carbocycles. The Balaban J connectivity index is 1.60. The van der Waals surface area contributed by atoms with E-state index >= 15 is 0 Å². The molecular formula is C22H31BrClN3O5. The SMILES string of the molecule is CC(C)(C)OC(=O)NCC(=O)NC1CCN(C(=O)CCCOc2ccc(Br)cc2Cl)CC1. The van der Waals surface area contributed by atoms with Gasteiger partial charge in [0.05, 0.1) is 11.6 Å². The molecule has 2 N–H and O–H groups in total. The van der Waals surface area contributed by atoms with Crippen molar-refractivity contribution >= 4 is 45.4 Å². The van der Waals surface area contributed by atoms with Gasteiger partial charge in [-0.05, 0) is 58.2 Å². The number of likely N-dealkylation sites (tertiary alicyclic amines) is 1. The van der Waals surface area contributed by atoms with Gasteiger partial charge in [0.2, 0.25) is 11.8 Å². The van der Waals surface area contributed by atoms with E-state index in [1.165, 1.54) is 0 Å². The van der Waals surface area contributed by atoms with Crippen LogP contribution in [-0.2, 0) is 14.3 Å². The van der Waals surface area contributed by atoms with Crippen molar-refractivity contribution in [3.63, 3.8) is 0 Å². The summed E-state index contributed by atoms with van der Waals surface area (Å²) in [6, 6.07) is 5.38. The van der Waals surface area contributed by atoms with Gasteiger partial charge in [0.25, 0.3) is 0 Å². The van der Waals surface area contributed by atoms with E-state index < -0.39 is 11.7 Å². The number of carbonyl (C=O) groups is 3. The molecule has 1 heterocycles. The van der Waals surface area contributed by atoms with Gasteiger partial charge in [0, 0.05) is 30.0 Å². The first-order valence-corrected chi connectivity index (χ1v) is 11.8. The van der Waals surface area contributed by atoms with Crippen molar-refractivity contribution in [1.29, 1.82) is 0 Å². The van der Waals surface area contributed by atoms with Crippen LogP contribution in [0.2, 0.25) is 5.02 Å². The fraction of sp³-hybridized carbons (Fsp3) is 0.591. The van der Waals surface area contributed by atoms with E-state index in [2.05, 4.69) is 26.6 Å². The molecule has 8 nitrogen and oxygen atoms in total. The zero-order chi connectivity index (χ0) is 23.7. The molecule has 10 heteroatoms. The Morgan fingerprint density at radius 1 is 1.22 bits per heavy atom. The third-order valence-corrected chi connectivity index (χ3v) is 5.48. The number of carbonyl (C=O) groups excluding carboxylic acids is 3. The van der Waals surface area contributed by atoms with Crippen LogP contribution in [0.1, 0.15) is 46.5 Å². The molecule has 0 radical (unpaired) electrons. The van der Waals surface area contributed by atoms with E-state index in [4.69, 9.17) is 21.1 Å². The van der Waals surface area contributed by atoms with Gasteiger partial charge >= 0.3 is 6.09 Å². The van der Waals surface area contributed by atoms with Gasteiger partial charge in [-0.25, -0.2) is 4.79 Å². The van der Waals surface area contributed by atoms with Crippen molar-refractivity contribution < 1.29 is 23.9 Å². The van der Waals surface area contributed by atoms with Gasteiger partial charge in [0.15, 0.2) is 0 Å². The number of amides is 3. The Bertz CT molecular complexity index is 807. The van der Waals surface area contributed by atoms with Gasteiger partial charge in [-0.15, -0.1) is 0 Å². The van der Waals surface area contributed by atoms with E-state index in [9.17, 15) is 14.4 Å². The lowest BCUT2D eigenvalue weighted by molar-refractivity contribution is -0.132. The van der Waals surface area contributed by atoms with E-state index in [-0.39, 0.29) is 24.4 Å². The molecule has 2 rings (SSSR count). The maximum Gasteiger partial charge on any atom is 0.408 e. The van der Waals surface area contributed by atoms with Crippen LogP contribution >= 0.6 is 27.5 Å². The highest BCUT2D eigenvalue weighted by Gasteiger charge is 2.24. The van der Waals surface area contributed by atoms with Crippen LogP contribution in [0.4, 0.5) is 4.79 Å². The molecule has 1 aliphatic heterocycles. The Morgan fingerprint density at radius 2 is 1.91 bits per heavy atom. The Morgan fingerprint density at radius 3 is 2.53 bits per heavy atom. The summed E-state index contributed by atoms with van der Waals surface area (Å²) in [5, 5.41) is 5.86. The molecule has 0 saturated carbocycles. The number of benzene rings is 1. The standard InChI is InChI=1S/C22H31BrClN3O5/c1-22(2,3)32-21(30)25-14-19(28)26-16-8-10-27(11-9-16)20(29)5-4-12-31-18-7-6-15(23)13-17(18)24/h6-7,13,16H,4-5,8-12,14H2,1-3H3,(H,25,30)(H,26,28). The number of nitrogens with zero attached hydrogens (tertiary/aromatic N) is 1. The molecule has 1 aromatic rings. The minimum atomic E-state index is -0.626. The largest absolute Gasteiger partial charge is 0.492 e. The summed E-state index contributed by atoms with van der Waals surface area (Å²) in [6.45, 7) is 6.71. The lowest BCUT2D eigenvalue weighted by Gasteiger charge is -2.32. The van der Waals surface area contributed by atoms with Crippen molar-refractivity contribution in [3.05, 3.63) is 27.7 Å². The maximum absolute atomic E-state index is 12.4. The molecule has 178 valence electrons. The second-order valence-electron chi connectivity index (χ2n) is 8.60. The fourth-order valence-corrected chi connectivity index (χ4v) is 3.90. The van der Waals surface area contributed by atoms with E-state index in [0.717, 1.165) is 4.47 Å². The van der Waals surface area contributed by atoms with E-state index in [1.54, 1.807) is 32.9 Å². The summed E-state index contributed by atoms with van der Waals surface area (Å²) in [4.78, 5) is 37.9. The van der Waals surface area contributed by atoms with Crippen molar-refractivity contribution in [2.75, 3.05) is 26.2 Å². The predicted octanol–water partition coefficient (Wildman–Crippen LogP) is 3.89. The van der Waals surface area contributed by atoms with Crippen LogP contribution in [0.5, 0.6) is 5.75 Å². The summed E-state index contributed by atoms with van der Waals surface area (Å²) >= 11 is 9.46. The van der Waals surface area contributed by atoms with Crippen LogP contribution in [0.3, 0.4) is 0 Å². The molecule has 0 unspecified atom stereocenters. The second kappa shape index (κ2) is 12.3. The number of ether oxygens (including phenoxy) is 2. The second-order valence-corrected chi connectivity index (χ2v) is 9.93. The normalized spacial score (nSPS) is 14.6. The molecule has 0 bridgehead atoms. The molecule has 1 saturated heterocycles. The number of alkyl carbamates (subject to hydrolysis) is 1. The number of hydrogen-bond donors (Lipinski definition) is 2. The van der Waals surface area contributed by atoms with Crippen LogP contribution in [-0.4, -0.2) is 60.7 Å². The smallest absolute Gasteiger partial charge is 0.408 e. The molecule has 0 atom stereocenters. The van der Waals surface area contributed by atoms with E-state index in [0.29, 0.717) is 56.2 Å². The van der Waals surface area contributed by atoms with Crippen LogP contribution in [0.25, 0.3) is 0 Å². The Labute approximate surface area is 202 Å². The monoisotopic (exact) mass is 531 g/mol. The highest BCUT2D eigenvalue weighted by Crippen LogP contribution is 2.27. The minimum absolute atomic E-state index is 0.0186. The number of hydrogen-bond acceptors (Lipinski definition) is 5. The summed E-state index contributed by atoms with van der Waals surface area (Å²) in [6.07, 6.45) is 1.71. The molecule has 1 aromatic carbocycles. The summed E-state index contributed by atoms with van der Waals surface area (Å²) in [5.74, 6) is 0.399. The highest BCUT2D eigenvalue weighted by molar-refractivity contribution is 9.10. The number of rotatable bonds is 8. The van der Waals surface area contributed by atoms with Crippen molar-refractivity contribution in [2.45, 2.75) is 58.1 Å². The Kier molecular flexibility index (Phi) is 10.1. The van der Waals surface area contributed by atoms with Gasteiger partial charge in [-0.1, -0.05) is 27.5 Å². The summed E-state index contributed by atoms with van der Waals surface area (Å²) in [7, 11) is 0. The van der Waals surface area contributed by atoms with E-state index in [1.807, 2.05) is 11.0 Å². The van der Waals surface area contributed by atoms with Gasteiger partial charge < -0.3 is 25.0 Å². The van der Waals surface area contributed by atoms with Crippen LogP contribution < -0.4 is 15.4 Å².